The van der Waals surface area contributed by atoms with Crippen molar-refractivity contribution < 1.29 is 8.23 Å². The van der Waals surface area contributed by atoms with Gasteiger partial charge in [0, 0.05) is 0 Å². The first-order chi connectivity index (χ1) is 9.80. The van der Waals surface area contributed by atoms with E-state index < -0.39 is 25.2 Å². The number of allylic oxidation sites excluding steroid dienone is 2. The molecule has 130 valence electrons. The minimum atomic E-state index is -2.08. The van der Waals surface area contributed by atoms with Crippen LogP contribution >= 0.6 is 0 Å². The van der Waals surface area contributed by atoms with Crippen LogP contribution in [0.5, 0.6) is 0 Å². The van der Waals surface area contributed by atoms with Gasteiger partial charge in [-0.2, -0.15) is 0 Å². The Hall–Kier alpha value is 0.311. The Balaban J connectivity index is 2.79. The summed E-state index contributed by atoms with van der Waals surface area (Å²) in [4.78, 5) is 0. The molecule has 1 aliphatic carbocycles. The maximum atomic E-state index is 6.66. The summed E-state index contributed by atoms with van der Waals surface area (Å²) < 4.78 is 13.3. The van der Waals surface area contributed by atoms with E-state index in [1.54, 1.807) is 5.57 Å². The van der Waals surface area contributed by atoms with E-state index in [1.807, 2.05) is 0 Å². The summed E-state index contributed by atoms with van der Waals surface area (Å²) in [6.45, 7) is 20.8. The van der Waals surface area contributed by atoms with Gasteiger partial charge in [-0.3, -0.25) is 0 Å². The molecule has 0 saturated heterocycles. The van der Waals surface area contributed by atoms with E-state index in [2.05, 4.69) is 65.8 Å². The predicted molar refractivity (Wildman–Crippen MR) is 106 cm³/mol. The molecule has 0 spiro atoms. The van der Waals surface area contributed by atoms with Crippen molar-refractivity contribution in [2.75, 3.05) is 0 Å². The average molecular weight is 359 g/mol. The molecule has 0 saturated carbocycles. The van der Waals surface area contributed by atoms with Crippen LogP contribution in [0, 0.1) is 11.8 Å². The summed E-state index contributed by atoms with van der Waals surface area (Å²) in [6.07, 6.45) is 6.31. The first-order valence-corrected chi connectivity index (χ1v) is 18.2. The number of hydrogen-bond donors (Lipinski definition) is 0. The summed E-state index contributed by atoms with van der Waals surface area (Å²) in [5.41, 5.74) is 1.57. The lowest BCUT2D eigenvalue weighted by Gasteiger charge is -2.41. The predicted octanol–water partition coefficient (Wildman–Crippen LogP) is 6.14. The van der Waals surface area contributed by atoms with Gasteiger partial charge in [0.25, 0.3) is 0 Å². The van der Waals surface area contributed by atoms with Crippen molar-refractivity contribution in [3.8, 4) is 0 Å². The highest BCUT2D eigenvalue weighted by Gasteiger charge is 2.42. The van der Waals surface area contributed by atoms with Crippen LogP contribution in [0.15, 0.2) is 11.6 Å². The van der Waals surface area contributed by atoms with Gasteiger partial charge < -0.3 is 8.23 Å². The second-order valence-corrected chi connectivity index (χ2v) is 22.1. The van der Waals surface area contributed by atoms with Gasteiger partial charge in [-0.05, 0) is 89.9 Å². The molecular formula is C17H38O2Si3. The van der Waals surface area contributed by atoms with Crippen LogP contribution in [0.4, 0.5) is 0 Å². The smallest absolute Gasteiger partial charge is 0.314 e. The molecular weight excluding hydrogens is 320 g/mol. The number of hydrogen-bond acceptors (Lipinski definition) is 2. The Labute approximate surface area is 142 Å². The van der Waals surface area contributed by atoms with Crippen LogP contribution in [0.1, 0.15) is 33.1 Å². The zero-order chi connectivity index (χ0) is 17.2. The quantitative estimate of drug-likeness (QED) is 0.402. The van der Waals surface area contributed by atoms with Gasteiger partial charge in [-0.15, -0.1) is 0 Å². The third-order valence-electron chi connectivity index (χ3n) is 4.22. The van der Waals surface area contributed by atoms with E-state index in [0.29, 0.717) is 5.92 Å². The maximum Gasteiger partial charge on any atom is 0.314 e. The normalized spacial score (nSPS) is 22.4. The van der Waals surface area contributed by atoms with Crippen LogP contribution in [0.25, 0.3) is 0 Å². The van der Waals surface area contributed by atoms with Crippen molar-refractivity contribution in [1.82, 2.24) is 0 Å². The molecule has 0 fully saturated rings. The summed E-state index contributed by atoms with van der Waals surface area (Å²) in [6, 6.07) is 1.15. The minimum Gasteiger partial charge on any atom is -0.437 e. The van der Waals surface area contributed by atoms with Gasteiger partial charge in [0.05, 0.1) is 0 Å². The molecule has 0 bridgehead atoms. The molecule has 0 aromatic rings. The molecule has 1 aliphatic rings. The molecule has 0 aromatic heterocycles. The van der Waals surface area contributed by atoms with Crippen LogP contribution < -0.4 is 0 Å². The standard InChI is InChI=1S/C17H38O2Si3/c1-15-10-12-17(13-11-15)16(2)14-22(9,18-20(3,4)5)19-21(6,7)8/h10,16-17H,11-14H2,1-9H3/t16-,17-/m0/s1. The monoisotopic (exact) mass is 358 g/mol. The Morgan fingerprint density at radius 1 is 1.05 bits per heavy atom. The van der Waals surface area contributed by atoms with Crippen molar-refractivity contribution in [3.63, 3.8) is 0 Å². The fourth-order valence-corrected chi connectivity index (χ4v) is 16.7. The van der Waals surface area contributed by atoms with Gasteiger partial charge in [0.2, 0.25) is 0 Å². The van der Waals surface area contributed by atoms with Gasteiger partial charge in [-0.1, -0.05) is 18.6 Å². The van der Waals surface area contributed by atoms with Crippen molar-refractivity contribution in [2.45, 2.75) is 85.0 Å². The maximum absolute atomic E-state index is 6.66. The van der Waals surface area contributed by atoms with Gasteiger partial charge in [0.1, 0.15) is 0 Å². The van der Waals surface area contributed by atoms with Gasteiger partial charge in [0.15, 0.2) is 16.6 Å². The molecule has 0 heterocycles. The molecule has 0 amide bonds. The average Bonchev–Trinajstić information content (AvgIpc) is 2.23. The Morgan fingerprint density at radius 2 is 1.55 bits per heavy atom. The molecule has 0 N–H and O–H groups in total. The summed E-state index contributed by atoms with van der Waals surface area (Å²) in [7, 11) is -5.23. The topological polar surface area (TPSA) is 18.5 Å². The molecule has 0 radical (unpaired) electrons. The molecule has 0 aromatic carbocycles. The largest absolute Gasteiger partial charge is 0.437 e. The SMILES string of the molecule is CC1=CC[C@H]([C@@H](C)C[Si](C)(O[Si](C)(C)C)O[Si](C)(C)C)CC1. The second kappa shape index (κ2) is 7.47. The fourth-order valence-electron chi connectivity index (χ4n) is 3.65. The molecule has 5 heteroatoms. The molecule has 22 heavy (non-hydrogen) atoms. The lowest BCUT2D eigenvalue weighted by molar-refractivity contribution is 0.309. The third-order valence-corrected chi connectivity index (χ3v) is 14.0. The summed E-state index contributed by atoms with van der Waals surface area (Å²) >= 11 is 0. The van der Waals surface area contributed by atoms with E-state index in [-0.39, 0.29) is 0 Å². The van der Waals surface area contributed by atoms with Crippen molar-refractivity contribution in [1.29, 1.82) is 0 Å². The molecule has 0 unspecified atom stereocenters. The highest BCUT2D eigenvalue weighted by Crippen LogP contribution is 2.36. The molecule has 2 atom stereocenters. The van der Waals surface area contributed by atoms with E-state index >= 15 is 0 Å². The highest BCUT2D eigenvalue weighted by atomic mass is 28.5. The van der Waals surface area contributed by atoms with Crippen LogP contribution in [0.2, 0.25) is 51.9 Å². The summed E-state index contributed by atoms with van der Waals surface area (Å²) in [5, 5.41) is 0. The van der Waals surface area contributed by atoms with Crippen molar-refractivity contribution in [3.05, 3.63) is 11.6 Å². The minimum absolute atomic E-state index is 0.703. The highest BCUT2D eigenvalue weighted by molar-refractivity contribution is 6.87. The van der Waals surface area contributed by atoms with Gasteiger partial charge >= 0.3 is 8.56 Å². The first kappa shape index (κ1) is 20.4. The lowest BCUT2D eigenvalue weighted by Crippen LogP contribution is -2.53. The van der Waals surface area contributed by atoms with Crippen LogP contribution in [-0.2, 0) is 8.23 Å². The zero-order valence-corrected chi connectivity index (χ0v) is 19.4. The van der Waals surface area contributed by atoms with Crippen molar-refractivity contribution >= 4 is 25.2 Å². The Kier molecular flexibility index (Phi) is 6.91. The molecule has 0 aliphatic heterocycles. The fraction of sp³-hybridized carbons (Fsp3) is 0.882. The van der Waals surface area contributed by atoms with E-state index in [1.165, 1.54) is 19.3 Å². The third kappa shape index (κ3) is 7.73. The van der Waals surface area contributed by atoms with Gasteiger partial charge in [-0.25, -0.2) is 0 Å². The Bertz CT molecular complexity index is 378. The van der Waals surface area contributed by atoms with E-state index in [0.717, 1.165) is 12.0 Å². The lowest BCUT2D eigenvalue weighted by atomic mass is 9.83. The van der Waals surface area contributed by atoms with Crippen LogP contribution in [-0.4, -0.2) is 25.2 Å². The van der Waals surface area contributed by atoms with Crippen molar-refractivity contribution in [2.24, 2.45) is 11.8 Å². The molecule has 1 rings (SSSR count). The van der Waals surface area contributed by atoms with E-state index in [4.69, 9.17) is 8.23 Å². The zero-order valence-electron chi connectivity index (χ0n) is 16.4. The summed E-state index contributed by atoms with van der Waals surface area (Å²) in [5.74, 6) is 1.51. The second-order valence-electron chi connectivity index (χ2n) is 9.33. The van der Waals surface area contributed by atoms with Crippen LogP contribution in [0.3, 0.4) is 0 Å². The number of rotatable bonds is 7. The first-order valence-electron chi connectivity index (χ1n) is 8.86. The van der Waals surface area contributed by atoms with E-state index in [9.17, 15) is 0 Å². The molecule has 2 nitrogen and oxygen atoms in total. The Morgan fingerprint density at radius 3 is 1.91 bits per heavy atom.